The Bertz CT molecular complexity index is 921. The van der Waals surface area contributed by atoms with Crippen LogP contribution in [0.3, 0.4) is 0 Å². The van der Waals surface area contributed by atoms with Crippen molar-refractivity contribution in [1.82, 2.24) is 15.5 Å². The fourth-order valence-electron chi connectivity index (χ4n) is 3.16. The molecule has 33 heavy (non-hydrogen) atoms. The van der Waals surface area contributed by atoms with Gasteiger partial charge in [-0.3, -0.25) is 9.79 Å². The minimum atomic E-state index is -0.843. The van der Waals surface area contributed by atoms with Crippen molar-refractivity contribution < 1.29 is 19.4 Å². The standard InChI is InChI=1S/C24H34N4O4.HI/c1-6-25-24(26-13-12-17-8-7-9-18(14-17)23(30)28(2)3)27-16-21(29)20-15-19(31-4)10-11-22(20)32-5;/h7-11,14-15,21,29H,6,12-13,16H2,1-5H3,(H2,25,26,27);1H. The van der Waals surface area contributed by atoms with E-state index in [4.69, 9.17) is 9.47 Å². The lowest BCUT2D eigenvalue weighted by Gasteiger charge is -2.16. The number of hydrogen-bond donors (Lipinski definition) is 3. The molecule has 0 fully saturated rings. The highest BCUT2D eigenvalue weighted by atomic mass is 127. The zero-order valence-electron chi connectivity index (χ0n) is 19.9. The predicted octanol–water partition coefficient (Wildman–Crippen LogP) is 2.85. The number of aliphatic hydroxyl groups excluding tert-OH is 1. The topological polar surface area (TPSA) is 95.4 Å². The summed E-state index contributed by atoms with van der Waals surface area (Å²) in [6.45, 7) is 3.46. The van der Waals surface area contributed by atoms with E-state index in [1.807, 2.05) is 31.2 Å². The minimum absolute atomic E-state index is 0. The smallest absolute Gasteiger partial charge is 0.253 e. The number of methoxy groups -OCH3 is 2. The Balaban J connectivity index is 0.00000544. The van der Waals surface area contributed by atoms with Crippen LogP contribution >= 0.6 is 24.0 Å². The fourth-order valence-corrected chi connectivity index (χ4v) is 3.16. The summed E-state index contributed by atoms with van der Waals surface area (Å²) in [4.78, 5) is 18.2. The summed E-state index contributed by atoms with van der Waals surface area (Å²) in [7, 11) is 6.62. The average Bonchev–Trinajstić information content (AvgIpc) is 2.81. The lowest BCUT2D eigenvalue weighted by Crippen LogP contribution is -2.38. The molecule has 9 heteroatoms. The molecule has 2 rings (SSSR count). The first-order chi connectivity index (χ1) is 15.4. The van der Waals surface area contributed by atoms with Crippen molar-refractivity contribution in [3.05, 3.63) is 59.2 Å². The number of nitrogens with zero attached hydrogens (tertiary/aromatic N) is 2. The lowest BCUT2D eigenvalue weighted by atomic mass is 10.1. The second-order valence-electron chi connectivity index (χ2n) is 7.42. The van der Waals surface area contributed by atoms with E-state index in [-0.39, 0.29) is 36.4 Å². The van der Waals surface area contributed by atoms with E-state index in [9.17, 15) is 9.90 Å². The van der Waals surface area contributed by atoms with Gasteiger partial charge in [-0.05, 0) is 49.2 Å². The van der Waals surface area contributed by atoms with E-state index in [1.165, 1.54) is 0 Å². The number of hydrogen-bond acceptors (Lipinski definition) is 5. The molecule has 8 nitrogen and oxygen atoms in total. The normalized spacial score (nSPS) is 11.8. The number of benzene rings is 2. The maximum atomic E-state index is 12.2. The number of aliphatic hydroxyl groups is 1. The van der Waals surface area contributed by atoms with Crippen molar-refractivity contribution in [2.24, 2.45) is 4.99 Å². The number of aliphatic imine (C=N–C) groups is 1. The Morgan fingerprint density at radius 2 is 1.88 bits per heavy atom. The third-order valence-electron chi connectivity index (χ3n) is 4.85. The van der Waals surface area contributed by atoms with Gasteiger partial charge >= 0.3 is 0 Å². The van der Waals surface area contributed by atoms with Crippen LogP contribution in [0, 0.1) is 0 Å². The monoisotopic (exact) mass is 570 g/mol. The number of ether oxygens (including phenoxy) is 2. The van der Waals surface area contributed by atoms with Crippen LogP contribution in [0.1, 0.15) is 34.5 Å². The summed E-state index contributed by atoms with van der Waals surface area (Å²) in [5, 5.41) is 17.1. The molecule has 0 aliphatic heterocycles. The maximum Gasteiger partial charge on any atom is 0.253 e. The van der Waals surface area contributed by atoms with Gasteiger partial charge in [0.25, 0.3) is 5.91 Å². The highest BCUT2D eigenvalue weighted by Crippen LogP contribution is 2.29. The van der Waals surface area contributed by atoms with E-state index in [2.05, 4.69) is 15.6 Å². The molecule has 3 N–H and O–H groups in total. The molecule has 0 heterocycles. The number of guanidine groups is 1. The van der Waals surface area contributed by atoms with E-state index in [0.29, 0.717) is 41.7 Å². The molecule has 0 aliphatic rings. The number of nitrogens with one attached hydrogen (secondary N) is 2. The van der Waals surface area contributed by atoms with Gasteiger partial charge in [-0.1, -0.05) is 12.1 Å². The van der Waals surface area contributed by atoms with Gasteiger partial charge in [0.2, 0.25) is 0 Å². The molecule has 0 saturated carbocycles. The fraction of sp³-hybridized carbons (Fsp3) is 0.417. The van der Waals surface area contributed by atoms with Crippen LogP contribution < -0.4 is 20.1 Å². The van der Waals surface area contributed by atoms with E-state index < -0.39 is 6.10 Å². The molecule has 2 aromatic carbocycles. The molecular weight excluding hydrogens is 535 g/mol. The van der Waals surface area contributed by atoms with E-state index in [1.54, 1.807) is 51.4 Å². The third-order valence-corrected chi connectivity index (χ3v) is 4.85. The molecule has 1 unspecified atom stereocenters. The summed E-state index contributed by atoms with van der Waals surface area (Å²) in [6.07, 6.45) is -0.116. The van der Waals surface area contributed by atoms with Crippen LogP contribution in [0.4, 0.5) is 0 Å². The summed E-state index contributed by atoms with van der Waals surface area (Å²) in [6, 6.07) is 12.9. The average molecular weight is 570 g/mol. The number of carbonyl (C=O) groups is 1. The van der Waals surface area contributed by atoms with Crippen LogP contribution in [-0.2, 0) is 6.42 Å². The van der Waals surface area contributed by atoms with E-state index >= 15 is 0 Å². The van der Waals surface area contributed by atoms with Crippen molar-refractivity contribution >= 4 is 35.8 Å². The summed E-state index contributed by atoms with van der Waals surface area (Å²) in [5.41, 5.74) is 2.35. The molecule has 0 bridgehead atoms. The zero-order chi connectivity index (χ0) is 23.5. The summed E-state index contributed by atoms with van der Waals surface area (Å²) in [5.74, 6) is 1.81. The minimum Gasteiger partial charge on any atom is -0.497 e. The van der Waals surface area contributed by atoms with Gasteiger partial charge in [-0.15, -0.1) is 24.0 Å². The van der Waals surface area contributed by atoms with Crippen LogP contribution in [0.2, 0.25) is 0 Å². The van der Waals surface area contributed by atoms with Gasteiger partial charge in [0.15, 0.2) is 5.96 Å². The van der Waals surface area contributed by atoms with E-state index in [0.717, 1.165) is 12.0 Å². The SMILES string of the molecule is CCNC(=NCC(O)c1cc(OC)ccc1OC)NCCc1cccc(C(=O)N(C)C)c1.I. The van der Waals surface area contributed by atoms with Crippen molar-refractivity contribution in [3.63, 3.8) is 0 Å². The molecule has 2 aromatic rings. The van der Waals surface area contributed by atoms with Crippen LogP contribution in [0.15, 0.2) is 47.5 Å². The highest BCUT2D eigenvalue weighted by Gasteiger charge is 2.15. The Hall–Kier alpha value is -2.53. The Labute approximate surface area is 213 Å². The molecule has 182 valence electrons. The Morgan fingerprint density at radius 3 is 2.52 bits per heavy atom. The summed E-state index contributed by atoms with van der Waals surface area (Å²) < 4.78 is 10.6. The van der Waals surface area contributed by atoms with Gasteiger partial charge < -0.3 is 30.1 Å². The summed E-state index contributed by atoms with van der Waals surface area (Å²) >= 11 is 0. The highest BCUT2D eigenvalue weighted by molar-refractivity contribution is 14.0. The second-order valence-corrected chi connectivity index (χ2v) is 7.42. The van der Waals surface area contributed by atoms with Crippen LogP contribution in [-0.4, -0.2) is 69.8 Å². The maximum absolute atomic E-state index is 12.2. The Morgan fingerprint density at radius 1 is 1.12 bits per heavy atom. The van der Waals surface area contributed by atoms with Gasteiger partial charge in [0.05, 0.1) is 20.8 Å². The zero-order valence-corrected chi connectivity index (χ0v) is 22.3. The number of halogens is 1. The first-order valence-corrected chi connectivity index (χ1v) is 10.6. The first-order valence-electron chi connectivity index (χ1n) is 10.6. The molecule has 0 saturated heterocycles. The molecule has 0 spiro atoms. The van der Waals surface area contributed by atoms with Crippen LogP contribution in [0.5, 0.6) is 11.5 Å². The number of amides is 1. The van der Waals surface area contributed by atoms with Gasteiger partial charge in [-0.2, -0.15) is 0 Å². The third kappa shape index (κ3) is 8.73. The molecular formula is C24H35IN4O4. The largest absolute Gasteiger partial charge is 0.497 e. The molecule has 0 aromatic heterocycles. The number of carbonyl (C=O) groups excluding carboxylic acids is 1. The molecule has 1 amide bonds. The van der Waals surface area contributed by atoms with Crippen molar-refractivity contribution in [1.29, 1.82) is 0 Å². The Kier molecular flexibility index (Phi) is 12.6. The van der Waals surface area contributed by atoms with Crippen molar-refractivity contribution in [2.75, 3.05) is 47.9 Å². The van der Waals surface area contributed by atoms with Gasteiger partial charge in [-0.25, -0.2) is 0 Å². The van der Waals surface area contributed by atoms with Gasteiger partial charge in [0.1, 0.15) is 17.6 Å². The molecule has 0 aliphatic carbocycles. The number of rotatable bonds is 10. The van der Waals surface area contributed by atoms with Crippen LogP contribution in [0.25, 0.3) is 0 Å². The van der Waals surface area contributed by atoms with Gasteiger partial charge in [0, 0.05) is 38.3 Å². The predicted molar refractivity (Wildman–Crippen MR) is 142 cm³/mol. The second kappa shape index (κ2) is 14.6. The lowest BCUT2D eigenvalue weighted by molar-refractivity contribution is 0.0827. The molecule has 0 radical (unpaired) electrons. The van der Waals surface area contributed by atoms with Crippen molar-refractivity contribution in [2.45, 2.75) is 19.4 Å². The first kappa shape index (κ1) is 28.5. The quantitative estimate of drug-likeness (QED) is 0.231. The van der Waals surface area contributed by atoms with Crippen molar-refractivity contribution in [3.8, 4) is 11.5 Å². The molecule has 1 atom stereocenters.